The molecule has 0 bridgehead atoms. The second-order valence-electron chi connectivity index (χ2n) is 6.19. The van der Waals surface area contributed by atoms with Crippen molar-refractivity contribution in [3.05, 3.63) is 53.6 Å². The van der Waals surface area contributed by atoms with Crippen LogP contribution in [0.1, 0.15) is 37.7 Å². The first-order chi connectivity index (χ1) is 10.4. The van der Waals surface area contributed by atoms with E-state index >= 15 is 0 Å². The van der Waals surface area contributed by atoms with Crippen LogP contribution in [0, 0.1) is 5.92 Å². The van der Waals surface area contributed by atoms with Gasteiger partial charge in [-0.05, 0) is 48.2 Å². The van der Waals surface area contributed by atoms with Crippen molar-refractivity contribution in [1.29, 1.82) is 0 Å². The van der Waals surface area contributed by atoms with E-state index < -0.39 is 0 Å². The molecule has 0 aliphatic heterocycles. The Morgan fingerprint density at radius 3 is 2.57 bits per heavy atom. The summed E-state index contributed by atoms with van der Waals surface area (Å²) in [7, 11) is 2.05. The topological polar surface area (TPSA) is 12.0 Å². The molecule has 0 unspecified atom stereocenters. The fourth-order valence-electron chi connectivity index (χ4n) is 3.50. The highest BCUT2D eigenvalue weighted by Crippen LogP contribution is 2.31. The average molecular weight is 279 g/mol. The number of rotatable bonds is 4. The summed E-state index contributed by atoms with van der Waals surface area (Å²) in [6, 6.07) is 15.4. The molecule has 1 aliphatic rings. The molecule has 1 nitrogen and oxygen atoms in total. The van der Waals surface area contributed by atoms with Crippen LogP contribution in [-0.2, 0) is 0 Å². The van der Waals surface area contributed by atoms with Gasteiger partial charge in [-0.2, -0.15) is 0 Å². The van der Waals surface area contributed by atoms with Gasteiger partial charge in [0.1, 0.15) is 0 Å². The highest BCUT2D eigenvalue weighted by molar-refractivity contribution is 5.84. The fraction of sp³-hybridized carbons (Fsp3) is 0.400. The van der Waals surface area contributed by atoms with Crippen molar-refractivity contribution in [2.75, 3.05) is 13.6 Å². The molecule has 0 saturated heterocycles. The average Bonchev–Trinajstić information content (AvgIpc) is 2.55. The largest absolute Gasteiger partial charge is 0.316 e. The Kier molecular flexibility index (Phi) is 4.72. The lowest BCUT2D eigenvalue weighted by atomic mass is 9.83. The summed E-state index contributed by atoms with van der Waals surface area (Å²) in [5.74, 6) is 0.776. The van der Waals surface area contributed by atoms with E-state index in [1.165, 1.54) is 48.4 Å². The van der Waals surface area contributed by atoms with Crippen LogP contribution < -0.4 is 5.32 Å². The van der Waals surface area contributed by atoms with Crippen LogP contribution in [0.2, 0.25) is 0 Å². The maximum Gasteiger partial charge on any atom is 0.0167 e. The Morgan fingerprint density at radius 2 is 1.81 bits per heavy atom. The molecule has 0 amide bonds. The Balaban J connectivity index is 1.90. The smallest absolute Gasteiger partial charge is 0.0167 e. The zero-order valence-electron chi connectivity index (χ0n) is 12.9. The van der Waals surface area contributed by atoms with E-state index in [9.17, 15) is 0 Å². The normalized spacial score (nSPS) is 17.3. The molecule has 0 radical (unpaired) electrons. The van der Waals surface area contributed by atoms with Crippen LogP contribution >= 0.6 is 0 Å². The number of hydrogen-bond acceptors (Lipinski definition) is 1. The highest BCUT2D eigenvalue weighted by atomic mass is 14.8. The first-order valence-corrected chi connectivity index (χ1v) is 8.21. The van der Waals surface area contributed by atoms with Gasteiger partial charge in [0.05, 0.1) is 0 Å². The summed E-state index contributed by atoms with van der Waals surface area (Å²) < 4.78 is 0. The van der Waals surface area contributed by atoms with Crippen molar-refractivity contribution in [2.45, 2.75) is 32.1 Å². The van der Waals surface area contributed by atoms with Gasteiger partial charge in [-0.25, -0.2) is 0 Å². The molecular weight excluding hydrogens is 254 g/mol. The number of fused-ring (bicyclic) bond motifs is 1. The van der Waals surface area contributed by atoms with Crippen LogP contribution in [-0.4, -0.2) is 13.6 Å². The first-order valence-electron chi connectivity index (χ1n) is 8.21. The van der Waals surface area contributed by atoms with Crippen molar-refractivity contribution < 1.29 is 0 Å². The lowest BCUT2D eigenvalue weighted by Gasteiger charge is -2.24. The molecule has 0 spiro atoms. The van der Waals surface area contributed by atoms with Crippen LogP contribution in [0.5, 0.6) is 0 Å². The quantitative estimate of drug-likeness (QED) is 0.828. The predicted molar refractivity (Wildman–Crippen MR) is 92.4 cm³/mol. The maximum atomic E-state index is 3.35. The molecule has 2 aromatic carbocycles. The van der Waals surface area contributed by atoms with Crippen LogP contribution in [0.4, 0.5) is 0 Å². The van der Waals surface area contributed by atoms with E-state index in [1.54, 1.807) is 5.57 Å². The van der Waals surface area contributed by atoms with Gasteiger partial charge < -0.3 is 5.32 Å². The molecule has 1 N–H and O–H groups in total. The second-order valence-corrected chi connectivity index (χ2v) is 6.19. The van der Waals surface area contributed by atoms with Gasteiger partial charge in [0.25, 0.3) is 0 Å². The molecule has 3 rings (SSSR count). The minimum absolute atomic E-state index is 0.776. The zero-order valence-corrected chi connectivity index (χ0v) is 12.9. The monoisotopic (exact) mass is 279 g/mol. The third kappa shape index (κ3) is 3.54. The lowest BCUT2D eigenvalue weighted by molar-refractivity contribution is 0.398. The molecular formula is C20H25N. The molecule has 0 aromatic heterocycles. The fourth-order valence-corrected chi connectivity index (χ4v) is 3.50. The van der Waals surface area contributed by atoms with Gasteiger partial charge in [0, 0.05) is 6.54 Å². The Hall–Kier alpha value is -1.60. The SMILES string of the molecule is CNC/C(=C/c1ccc2ccccc2c1)C1CCCCC1. The molecule has 2 aromatic rings. The summed E-state index contributed by atoms with van der Waals surface area (Å²) in [5.41, 5.74) is 2.91. The van der Waals surface area contributed by atoms with Crippen LogP contribution in [0.25, 0.3) is 16.8 Å². The van der Waals surface area contributed by atoms with Gasteiger partial charge in [-0.1, -0.05) is 67.3 Å². The van der Waals surface area contributed by atoms with Gasteiger partial charge in [0.15, 0.2) is 0 Å². The van der Waals surface area contributed by atoms with E-state index in [1.807, 2.05) is 0 Å². The summed E-state index contributed by atoms with van der Waals surface area (Å²) in [6.07, 6.45) is 9.34. The van der Waals surface area contributed by atoms with Gasteiger partial charge in [0.2, 0.25) is 0 Å². The number of likely N-dealkylation sites (N-methyl/N-ethyl adjacent to an activating group) is 1. The van der Waals surface area contributed by atoms with E-state index in [2.05, 4.69) is 60.9 Å². The van der Waals surface area contributed by atoms with E-state index in [0.29, 0.717) is 0 Å². The predicted octanol–water partition coefficient (Wildman–Crippen LogP) is 5.02. The summed E-state index contributed by atoms with van der Waals surface area (Å²) in [4.78, 5) is 0. The minimum atomic E-state index is 0.776. The molecule has 0 atom stereocenters. The summed E-state index contributed by atoms with van der Waals surface area (Å²) >= 11 is 0. The molecule has 1 saturated carbocycles. The minimum Gasteiger partial charge on any atom is -0.316 e. The number of hydrogen-bond donors (Lipinski definition) is 1. The van der Waals surface area contributed by atoms with Crippen LogP contribution in [0.15, 0.2) is 48.0 Å². The van der Waals surface area contributed by atoms with Crippen molar-refractivity contribution in [1.82, 2.24) is 5.32 Å². The third-order valence-electron chi connectivity index (χ3n) is 4.64. The Morgan fingerprint density at radius 1 is 1.05 bits per heavy atom. The van der Waals surface area contributed by atoms with Gasteiger partial charge in [-0.15, -0.1) is 0 Å². The summed E-state index contributed by atoms with van der Waals surface area (Å²) in [6.45, 7) is 1.01. The first kappa shape index (κ1) is 14.3. The van der Waals surface area contributed by atoms with E-state index in [0.717, 1.165) is 12.5 Å². The number of nitrogens with one attached hydrogen (secondary N) is 1. The highest BCUT2D eigenvalue weighted by Gasteiger charge is 2.17. The lowest BCUT2D eigenvalue weighted by Crippen LogP contribution is -2.19. The molecule has 1 fully saturated rings. The maximum absolute atomic E-state index is 3.35. The molecule has 21 heavy (non-hydrogen) atoms. The zero-order chi connectivity index (χ0) is 14.5. The molecule has 110 valence electrons. The van der Waals surface area contributed by atoms with Crippen molar-refractivity contribution in [3.8, 4) is 0 Å². The standard InChI is InChI=1S/C20H25N/c1-21-15-20(17-7-3-2-4-8-17)14-16-11-12-18-9-5-6-10-19(18)13-16/h5-6,9-14,17,21H,2-4,7-8,15H2,1H3/b20-14-. The second kappa shape index (κ2) is 6.91. The van der Waals surface area contributed by atoms with Crippen molar-refractivity contribution in [3.63, 3.8) is 0 Å². The third-order valence-corrected chi connectivity index (χ3v) is 4.64. The Bertz CT molecular complexity index is 621. The number of benzene rings is 2. The van der Waals surface area contributed by atoms with Gasteiger partial charge >= 0.3 is 0 Å². The summed E-state index contributed by atoms with van der Waals surface area (Å²) in [5, 5.41) is 6.01. The van der Waals surface area contributed by atoms with E-state index in [4.69, 9.17) is 0 Å². The molecule has 1 heteroatoms. The Labute approximate surface area is 128 Å². The van der Waals surface area contributed by atoms with Crippen LogP contribution in [0.3, 0.4) is 0 Å². The van der Waals surface area contributed by atoms with E-state index in [-0.39, 0.29) is 0 Å². The molecule has 0 heterocycles. The van der Waals surface area contributed by atoms with Gasteiger partial charge in [-0.3, -0.25) is 0 Å². The van der Waals surface area contributed by atoms with Crippen molar-refractivity contribution in [2.24, 2.45) is 5.92 Å². The van der Waals surface area contributed by atoms with Crippen molar-refractivity contribution >= 4 is 16.8 Å². The molecule has 1 aliphatic carbocycles.